The zero-order valence-corrected chi connectivity index (χ0v) is 11.3. The Morgan fingerprint density at radius 3 is 2.58 bits per heavy atom. The van der Waals surface area contributed by atoms with Crippen LogP contribution in [0.15, 0.2) is 17.0 Å². The van der Waals surface area contributed by atoms with E-state index in [1.165, 1.54) is 6.20 Å². The summed E-state index contributed by atoms with van der Waals surface area (Å²) in [7, 11) is 0. The molecule has 0 radical (unpaired) electrons. The summed E-state index contributed by atoms with van der Waals surface area (Å²) in [6.07, 6.45) is -3.48. The quantitative estimate of drug-likeness (QED) is 0.773. The maximum Gasteiger partial charge on any atom is 0.453 e. The minimum absolute atomic E-state index is 0.0925. The van der Waals surface area contributed by atoms with Crippen molar-refractivity contribution in [3.8, 4) is 0 Å². The van der Waals surface area contributed by atoms with Gasteiger partial charge in [0.15, 0.2) is 4.73 Å². The van der Waals surface area contributed by atoms with Gasteiger partial charge in [0.05, 0.1) is 17.3 Å². The molecule has 0 fully saturated rings. The molecule has 0 unspecified atom stereocenters. The number of halogens is 6. The largest absolute Gasteiger partial charge is 0.453 e. The van der Waals surface area contributed by atoms with Crippen LogP contribution in [0.3, 0.4) is 0 Å². The molecule has 0 amide bonds. The van der Waals surface area contributed by atoms with Crippen LogP contribution >= 0.6 is 27.5 Å². The van der Waals surface area contributed by atoms with Crippen LogP contribution in [0.5, 0.6) is 0 Å². The number of pyridine rings is 1. The molecule has 4 nitrogen and oxygen atoms in total. The molecule has 0 atom stereocenters. The summed E-state index contributed by atoms with van der Waals surface area (Å²) >= 11 is 8.34. The van der Waals surface area contributed by atoms with Gasteiger partial charge >= 0.3 is 6.18 Å². The lowest BCUT2D eigenvalue weighted by Crippen LogP contribution is -2.10. The topological polar surface area (TPSA) is 43.6 Å². The lowest BCUT2D eigenvalue weighted by Gasteiger charge is -2.03. The first-order chi connectivity index (χ1) is 8.77. The highest BCUT2D eigenvalue weighted by molar-refractivity contribution is 9.10. The van der Waals surface area contributed by atoms with E-state index in [4.69, 9.17) is 11.6 Å². The number of nitrogens with zero attached hydrogens (tertiary/aromatic N) is 4. The van der Waals surface area contributed by atoms with E-state index < -0.39 is 17.8 Å². The number of alkyl halides is 3. The molecule has 2 aromatic heterocycles. The fraction of sp³-hybridized carbons (Fsp3) is 0.222. The summed E-state index contributed by atoms with van der Waals surface area (Å²) in [5.41, 5.74) is -0.0938. The van der Waals surface area contributed by atoms with Gasteiger partial charge in [0.1, 0.15) is 5.82 Å². The summed E-state index contributed by atoms with van der Waals surface area (Å²) in [6, 6.07) is 1.01. The van der Waals surface area contributed by atoms with Crippen molar-refractivity contribution in [2.24, 2.45) is 0 Å². The first-order valence-corrected chi connectivity index (χ1v) is 5.92. The second-order valence-corrected chi connectivity index (χ2v) is 4.59. The van der Waals surface area contributed by atoms with Crippen molar-refractivity contribution < 1.29 is 17.6 Å². The van der Waals surface area contributed by atoms with E-state index in [0.29, 0.717) is 0 Å². The third-order valence-electron chi connectivity index (χ3n) is 2.06. The Labute approximate surface area is 117 Å². The zero-order valence-electron chi connectivity index (χ0n) is 8.92. The predicted molar refractivity (Wildman–Crippen MR) is 61.0 cm³/mol. The lowest BCUT2D eigenvalue weighted by molar-refractivity contribution is -0.145. The molecule has 0 aliphatic heterocycles. The molecule has 2 aromatic rings. The molecular formula is C9H4BrClF4N4. The van der Waals surface area contributed by atoms with Gasteiger partial charge in [-0.2, -0.15) is 18.2 Å². The van der Waals surface area contributed by atoms with Gasteiger partial charge in [0, 0.05) is 6.20 Å². The van der Waals surface area contributed by atoms with E-state index in [1.807, 2.05) is 0 Å². The van der Waals surface area contributed by atoms with Crippen LogP contribution in [0.1, 0.15) is 11.5 Å². The third kappa shape index (κ3) is 3.21. The van der Waals surface area contributed by atoms with Crippen molar-refractivity contribution >= 4 is 27.5 Å². The molecule has 2 rings (SSSR count). The van der Waals surface area contributed by atoms with Gasteiger partial charge in [-0.3, -0.25) is 4.98 Å². The molecule has 0 spiro atoms. The molecule has 0 bridgehead atoms. The number of aromatic nitrogens is 4. The highest BCUT2D eigenvalue weighted by Crippen LogP contribution is 2.27. The summed E-state index contributed by atoms with van der Waals surface area (Å²) in [5.74, 6) is -2.04. The zero-order chi connectivity index (χ0) is 14.2. The van der Waals surface area contributed by atoms with E-state index in [9.17, 15) is 17.6 Å². The molecule has 19 heavy (non-hydrogen) atoms. The smallest absolute Gasteiger partial charge is 0.255 e. The first-order valence-electron chi connectivity index (χ1n) is 4.75. The van der Waals surface area contributed by atoms with Gasteiger partial charge in [-0.15, -0.1) is 5.10 Å². The number of hydrogen-bond acceptors (Lipinski definition) is 3. The Morgan fingerprint density at radius 1 is 1.37 bits per heavy atom. The summed E-state index contributed by atoms with van der Waals surface area (Å²) in [5, 5.41) is 3.33. The van der Waals surface area contributed by atoms with Gasteiger partial charge < -0.3 is 0 Å². The molecule has 0 aliphatic carbocycles. The molecule has 10 heteroatoms. The minimum Gasteiger partial charge on any atom is -0.255 e. The number of hydrogen-bond donors (Lipinski definition) is 0. The maximum atomic E-state index is 13.5. The molecule has 102 valence electrons. The van der Waals surface area contributed by atoms with Gasteiger partial charge in [0.2, 0.25) is 0 Å². The van der Waals surface area contributed by atoms with E-state index in [1.54, 1.807) is 0 Å². The monoisotopic (exact) mass is 358 g/mol. The van der Waals surface area contributed by atoms with Crippen molar-refractivity contribution in [3.05, 3.63) is 39.4 Å². The van der Waals surface area contributed by atoms with Crippen LogP contribution in [0, 0.1) is 5.82 Å². The molecule has 2 heterocycles. The van der Waals surface area contributed by atoms with Crippen molar-refractivity contribution in [2.75, 3.05) is 0 Å². The summed E-state index contributed by atoms with van der Waals surface area (Å²) in [6.45, 7) is -0.299. The molecule has 0 saturated carbocycles. The van der Waals surface area contributed by atoms with E-state index in [-0.39, 0.29) is 22.0 Å². The van der Waals surface area contributed by atoms with Crippen LogP contribution in [0.2, 0.25) is 5.02 Å². The second kappa shape index (κ2) is 5.04. The maximum absolute atomic E-state index is 13.5. The average molecular weight is 360 g/mol. The van der Waals surface area contributed by atoms with Gasteiger partial charge in [-0.05, 0) is 22.0 Å². The van der Waals surface area contributed by atoms with Crippen molar-refractivity contribution in [1.82, 2.24) is 19.7 Å². The second-order valence-electron chi connectivity index (χ2n) is 3.44. The normalized spacial score (nSPS) is 11.9. The molecular weight excluding hydrogens is 355 g/mol. The van der Waals surface area contributed by atoms with Crippen LogP contribution < -0.4 is 0 Å². The highest BCUT2D eigenvalue weighted by Gasteiger charge is 2.36. The molecule has 0 saturated heterocycles. The highest BCUT2D eigenvalue weighted by atomic mass is 79.9. The standard InChI is InChI=1S/C9H4BrClF4N4/c10-8-17-7(9(13,14)15)18-19(8)3-6-5(12)1-4(11)2-16-6/h1-2H,3H2. The van der Waals surface area contributed by atoms with Gasteiger partial charge in [-0.1, -0.05) is 11.6 Å². The fourth-order valence-electron chi connectivity index (χ4n) is 1.24. The van der Waals surface area contributed by atoms with Crippen molar-refractivity contribution in [2.45, 2.75) is 12.7 Å². The van der Waals surface area contributed by atoms with Crippen molar-refractivity contribution in [3.63, 3.8) is 0 Å². The van der Waals surface area contributed by atoms with Crippen molar-refractivity contribution in [1.29, 1.82) is 0 Å². The van der Waals surface area contributed by atoms with Crippen LogP contribution in [-0.4, -0.2) is 19.7 Å². The van der Waals surface area contributed by atoms with Crippen LogP contribution in [0.4, 0.5) is 17.6 Å². The Balaban J connectivity index is 2.31. The van der Waals surface area contributed by atoms with Gasteiger partial charge in [-0.25, -0.2) is 9.07 Å². The third-order valence-corrected chi connectivity index (χ3v) is 2.86. The number of rotatable bonds is 2. The van der Waals surface area contributed by atoms with E-state index >= 15 is 0 Å². The Bertz CT molecular complexity index is 613. The average Bonchev–Trinajstić information content (AvgIpc) is 2.64. The molecule has 0 aliphatic rings. The Kier molecular flexibility index (Phi) is 3.77. The fourth-order valence-corrected chi connectivity index (χ4v) is 1.76. The SMILES string of the molecule is Fc1cc(Cl)cnc1Cn1nc(C(F)(F)F)nc1Br. The predicted octanol–water partition coefficient (Wildman–Crippen LogP) is 3.30. The van der Waals surface area contributed by atoms with Gasteiger partial charge in [0.25, 0.3) is 5.82 Å². The van der Waals surface area contributed by atoms with E-state index in [0.717, 1.165) is 10.7 Å². The molecule has 0 aromatic carbocycles. The summed E-state index contributed by atoms with van der Waals surface area (Å²) in [4.78, 5) is 6.88. The Morgan fingerprint density at radius 2 is 2.05 bits per heavy atom. The Hall–Kier alpha value is -1.22. The minimum atomic E-state index is -4.67. The lowest BCUT2D eigenvalue weighted by atomic mass is 10.3. The van der Waals surface area contributed by atoms with Crippen LogP contribution in [0.25, 0.3) is 0 Å². The summed E-state index contributed by atoms with van der Waals surface area (Å²) < 4.78 is 51.3. The van der Waals surface area contributed by atoms with Crippen LogP contribution in [-0.2, 0) is 12.7 Å². The van der Waals surface area contributed by atoms with E-state index in [2.05, 4.69) is 31.0 Å². The first kappa shape index (κ1) is 14.2. The molecule has 0 N–H and O–H groups in total.